The number of carbonyl (C=O) groups excluding carboxylic acids is 1. The number of piperidine rings is 1. The van der Waals surface area contributed by atoms with Crippen molar-refractivity contribution in [3.05, 3.63) is 59.5 Å². The summed E-state index contributed by atoms with van der Waals surface area (Å²) in [6.45, 7) is 1.62. The highest BCUT2D eigenvalue weighted by atomic mass is 35.5. The number of likely N-dealkylation sites (tertiary alicyclic amines) is 1. The minimum absolute atomic E-state index is 0.0382. The van der Waals surface area contributed by atoms with E-state index in [9.17, 15) is 4.79 Å². The fraction of sp³-hybridized carbons (Fsp3) is 0.300. The second-order valence-corrected chi connectivity index (χ2v) is 7.12. The summed E-state index contributed by atoms with van der Waals surface area (Å²) < 4.78 is 2.17. The molecule has 5 nitrogen and oxygen atoms in total. The molecule has 0 radical (unpaired) electrons. The minimum atomic E-state index is 0.0382. The molecule has 134 valence electrons. The van der Waals surface area contributed by atoms with E-state index in [1.165, 1.54) is 10.9 Å². The quantitative estimate of drug-likeness (QED) is 0.771. The van der Waals surface area contributed by atoms with E-state index in [4.69, 9.17) is 17.3 Å². The van der Waals surface area contributed by atoms with E-state index in [0.717, 1.165) is 42.2 Å². The lowest BCUT2D eigenvalue weighted by molar-refractivity contribution is -0.130. The van der Waals surface area contributed by atoms with Gasteiger partial charge in [0.25, 0.3) is 0 Å². The Bertz CT molecular complexity index is 927. The van der Waals surface area contributed by atoms with Gasteiger partial charge in [-0.2, -0.15) is 0 Å². The molecule has 1 aliphatic heterocycles. The van der Waals surface area contributed by atoms with Gasteiger partial charge in [-0.25, -0.2) is 0 Å². The molecule has 1 amide bonds. The van der Waals surface area contributed by atoms with Gasteiger partial charge in [0.1, 0.15) is 0 Å². The summed E-state index contributed by atoms with van der Waals surface area (Å²) in [6, 6.07) is 9.90. The van der Waals surface area contributed by atoms with Crippen molar-refractivity contribution in [1.29, 1.82) is 0 Å². The lowest BCUT2D eigenvalue weighted by Crippen LogP contribution is -2.41. The van der Waals surface area contributed by atoms with Crippen molar-refractivity contribution >= 4 is 28.4 Å². The molecule has 3 aromatic rings. The van der Waals surface area contributed by atoms with E-state index in [2.05, 4.69) is 21.8 Å². The molecular weight excluding hydrogens is 348 g/mol. The van der Waals surface area contributed by atoms with Gasteiger partial charge in [0.15, 0.2) is 0 Å². The number of aromatic nitrogens is 2. The topological polar surface area (TPSA) is 64.2 Å². The highest BCUT2D eigenvalue weighted by Gasteiger charge is 2.25. The zero-order valence-corrected chi connectivity index (χ0v) is 15.2. The Labute approximate surface area is 157 Å². The molecule has 2 aromatic heterocycles. The van der Waals surface area contributed by atoms with Gasteiger partial charge in [0, 0.05) is 41.6 Å². The average molecular weight is 369 g/mol. The number of nitrogens with two attached hydrogens (primary N) is 1. The Kier molecular flexibility index (Phi) is 4.66. The van der Waals surface area contributed by atoms with Gasteiger partial charge in [0.05, 0.1) is 18.3 Å². The van der Waals surface area contributed by atoms with E-state index in [1.807, 2.05) is 41.6 Å². The van der Waals surface area contributed by atoms with Crippen LogP contribution in [0.25, 0.3) is 16.6 Å². The number of pyridine rings is 1. The number of nitrogens with zero attached hydrogens (tertiary/aromatic N) is 3. The molecule has 0 bridgehead atoms. The summed E-state index contributed by atoms with van der Waals surface area (Å²) in [7, 11) is 0. The molecule has 26 heavy (non-hydrogen) atoms. The maximum absolute atomic E-state index is 11.8. The van der Waals surface area contributed by atoms with Crippen LogP contribution in [0.1, 0.15) is 24.3 Å². The number of hydrogen-bond acceptors (Lipinski definition) is 3. The zero-order valence-electron chi connectivity index (χ0n) is 14.4. The van der Waals surface area contributed by atoms with Crippen LogP contribution < -0.4 is 5.73 Å². The predicted octanol–water partition coefficient (Wildman–Crippen LogP) is 3.34. The second kappa shape index (κ2) is 7.09. The Morgan fingerprint density at radius 3 is 2.62 bits per heavy atom. The molecule has 0 atom stereocenters. The zero-order chi connectivity index (χ0) is 18.1. The first-order valence-corrected chi connectivity index (χ1v) is 9.24. The van der Waals surface area contributed by atoms with Crippen LogP contribution in [0.5, 0.6) is 0 Å². The first-order chi connectivity index (χ1) is 12.7. The summed E-state index contributed by atoms with van der Waals surface area (Å²) in [5, 5.41) is 1.94. The van der Waals surface area contributed by atoms with Crippen LogP contribution in [0, 0.1) is 0 Å². The number of benzene rings is 1. The van der Waals surface area contributed by atoms with Crippen LogP contribution in [-0.2, 0) is 4.79 Å². The van der Waals surface area contributed by atoms with Gasteiger partial charge in [-0.1, -0.05) is 11.6 Å². The van der Waals surface area contributed by atoms with Crippen molar-refractivity contribution in [3.63, 3.8) is 0 Å². The van der Waals surface area contributed by atoms with Crippen molar-refractivity contribution in [3.8, 4) is 5.69 Å². The maximum Gasteiger partial charge on any atom is 0.236 e. The maximum atomic E-state index is 11.8. The average Bonchev–Trinajstić information content (AvgIpc) is 3.08. The third-order valence-corrected chi connectivity index (χ3v) is 5.46. The monoisotopic (exact) mass is 368 g/mol. The summed E-state index contributed by atoms with van der Waals surface area (Å²) in [5.74, 6) is 0.464. The van der Waals surface area contributed by atoms with E-state index < -0.39 is 0 Å². The van der Waals surface area contributed by atoms with Crippen molar-refractivity contribution in [2.45, 2.75) is 18.8 Å². The van der Waals surface area contributed by atoms with Gasteiger partial charge in [-0.3, -0.25) is 9.78 Å². The summed E-state index contributed by atoms with van der Waals surface area (Å²) in [4.78, 5) is 18.0. The molecule has 4 rings (SSSR count). The molecule has 1 aliphatic rings. The number of halogens is 1. The number of fused-ring (bicyclic) bond motifs is 1. The fourth-order valence-electron chi connectivity index (χ4n) is 3.81. The van der Waals surface area contributed by atoms with Crippen LogP contribution in [0.15, 0.2) is 48.9 Å². The van der Waals surface area contributed by atoms with E-state index in [0.29, 0.717) is 5.92 Å². The Balaban J connectivity index is 1.68. The summed E-state index contributed by atoms with van der Waals surface area (Å²) >= 11 is 6.03. The molecular formula is C20H21ClN4O. The van der Waals surface area contributed by atoms with E-state index >= 15 is 0 Å². The summed E-state index contributed by atoms with van der Waals surface area (Å²) in [5.41, 5.74) is 8.96. The van der Waals surface area contributed by atoms with Crippen LogP contribution >= 0.6 is 11.6 Å². The molecule has 0 unspecified atom stereocenters. The first-order valence-electron chi connectivity index (χ1n) is 8.86. The second-order valence-electron chi connectivity index (χ2n) is 6.68. The number of amides is 1. The predicted molar refractivity (Wildman–Crippen MR) is 104 cm³/mol. The van der Waals surface area contributed by atoms with Gasteiger partial charge in [0.2, 0.25) is 5.91 Å². The summed E-state index contributed by atoms with van der Waals surface area (Å²) in [6.07, 6.45) is 7.86. The largest absolute Gasteiger partial charge is 0.342 e. The lowest BCUT2D eigenvalue weighted by atomic mass is 9.89. The smallest absolute Gasteiger partial charge is 0.236 e. The Hall–Kier alpha value is -2.37. The number of carbonyl (C=O) groups is 1. The minimum Gasteiger partial charge on any atom is -0.342 e. The first kappa shape index (κ1) is 17.1. The van der Waals surface area contributed by atoms with Gasteiger partial charge in [-0.05, 0) is 54.7 Å². The highest BCUT2D eigenvalue weighted by Crippen LogP contribution is 2.35. The third kappa shape index (κ3) is 3.08. The molecule has 2 N–H and O–H groups in total. The van der Waals surface area contributed by atoms with Crippen molar-refractivity contribution in [1.82, 2.24) is 14.5 Å². The molecule has 0 aliphatic carbocycles. The van der Waals surface area contributed by atoms with Crippen LogP contribution in [0.3, 0.4) is 0 Å². The highest BCUT2D eigenvalue weighted by molar-refractivity contribution is 6.30. The van der Waals surface area contributed by atoms with Crippen LogP contribution in [0.4, 0.5) is 0 Å². The van der Waals surface area contributed by atoms with Gasteiger partial charge >= 0.3 is 0 Å². The Morgan fingerprint density at radius 2 is 1.92 bits per heavy atom. The lowest BCUT2D eigenvalue weighted by Gasteiger charge is -2.31. The Morgan fingerprint density at radius 1 is 1.19 bits per heavy atom. The van der Waals surface area contributed by atoms with Gasteiger partial charge < -0.3 is 15.2 Å². The van der Waals surface area contributed by atoms with Crippen molar-refractivity contribution in [2.24, 2.45) is 5.73 Å². The molecule has 6 heteroatoms. The van der Waals surface area contributed by atoms with Crippen LogP contribution in [-0.4, -0.2) is 40.0 Å². The van der Waals surface area contributed by atoms with E-state index in [1.54, 1.807) is 0 Å². The number of hydrogen-bond donors (Lipinski definition) is 1. The fourth-order valence-corrected chi connectivity index (χ4v) is 3.94. The molecule has 3 heterocycles. The molecule has 0 saturated carbocycles. The molecule has 0 spiro atoms. The van der Waals surface area contributed by atoms with Crippen molar-refractivity contribution in [2.75, 3.05) is 19.6 Å². The molecule has 1 aromatic carbocycles. The third-order valence-electron chi connectivity index (χ3n) is 5.21. The van der Waals surface area contributed by atoms with Crippen molar-refractivity contribution < 1.29 is 4.79 Å². The van der Waals surface area contributed by atoms with Gasteiger partial charge in [-0.15, -0.1) is 0 Å². The molecule has 1 saturated heterocycles. The van der Waals surface area contributed by atoms with Crippen LogP contribution in [0.2, 0.25) is 5.02 Å². The molecule has 1 fully saturated rings. The standard InChI is InChI=1S/C20H21ClN4O/c21-15-1-3-16(4-2-15)25-13-18(17-5-8-23-12-19(17)25)14-6-9-24(10-7-14)20(26)11-22/h1-5,8,12-14H,6-7,9-11,22H2. The SMILES string of the molecule is NCC(=O)N1CCC(c2cn(-c3ccc(Cl)cc3)c3cnccc23)CC1. The number of rotatable bonds is 3. The normalized spacial score (nSPS) is 15.5. The van der Waals surface area contributed by atoms with E-state index in [-0.39, 0.29) is 12.5 Å².